The summed E-state index contributed by atoms with van der Waals surface area (Å²) in [6, 6.07) is 8.13. The van der Waals surface area contributed by atoms with Gasteiger partial charge in [-0.25, -0.2) is 8.99 Å². The lowest BCUT2D eigenvalue weighted by atomic mass is 10.2. The second kappa shape index (κ2) is 6.32. The van der Waals surface area contributed by atoms with Crippen molar-refractivity contribution < 1.29 is 14.1 Å². The fourth-order valence-corrected chi connectivity index (χ4v) is 2.36. The number of benzene rings is 1. The Bertz CT molecular complexity index is 524. The summed E-state index contributed by atoms with van der Waals surface area (Å²) >= 11 is 0. The van der Waals surface area contributed by atoms with Crippen LogP contribution in [-0.4, -0.2) is 27.1 Å². The highest BCUT2D eigenvalue weighted by Gasteiger charge is 2.13. The van der Waals surface area contributed by atoms with E-state index in [2.05, 4.69) is 0 Å². The number of carboxylic acids is 1. The SMILES string of the molecule is N=S(=O)(/C=C/c1ccccc1)CC[C@H](N)C(=O)O. The third kappa shape index (κ3) is 5.11. The van der Waals surface area contributed by atoms with Gasteiger partial charge in [-0.1, -0.05) is 30.3 Å². The molecule has 4 N–H and O–H groups in total. The van der Waals surface area contributed by atoms with Crippen LogP contribution in [0.5, 0.6) is 0 Å². The first-order valence-corrected chi connectivity index (χ1v) is 7.18. The summed E-state index contributed by atoms with van der Waals surface area (Å²) in [4.78, 5) is 10.5. The predicted octanol–water partition coefficient (Wildman–Crippen LogP) is 1.51. The molecule has 1 aromatic carbocycles. The summed E-state index contributed by atoms with van der Waals surface area (Å²) in [5, 5.41) is 9.89. The minimum absolute atomic E-state index is 0.0246. The third-order valence-corrected chi connectivity index (χ3v) is 3.75. The molecule has 18 heavy (non-hydrogen) atoms. The predicted molar refractivity (Wildman–Crippen MR) is 71.4 cm³/mol. The molecule has 0 aliphatic rings. The van der Waals surface area contributed by atoms with Gasteiger partial charge in [-0.05, 0) is 18.1 Å². The largest absolute Gasteiger partial charge is 0.480 e. The standard InChI is InChI=1S/C12H16N2O3S/c13-11(12(15)16)7-9-18(14,17)8-6-10-4-2-1-3-5-10/h1-6,8,11,14H,7,9,13H2,(H,15,16)/b8-6+/t11-,18?/m0/s1. The Kier molecular flexibility index (Phi) is 5.06. The average Bonchev–Trinajstić information content (AvgIpc) is 2.35. The Labute approximate surface area is 106 Å². The summed E-state index contributed by atoms with van der Waals surface area (Å²) in [7, 11) is -2.93. The van der Waals surface area contributed by atoms with Crippen LogP contribution in [0.15, 0.2) is 35.7 Å². The highest BCUT2D eigenvalue weighted by molar-refractivity contribution is 7.95. The van der Waals surface area contributed by atoms with Crippen LogP contribution in [-0.2, 0) is 14.5 Å². The molecule has 0 bridgehead atoms. The number of carboxylic acid groups (broad SMARTS) is 1. The van der Waals surface area contributed by atoms with Crippen molar-refractivity contribution in [1.82, 2.24) is 0 Å². The summed E-state index contributed by atoms with van der Waals surface area (Å²) in [5.74, 6) is -1.19. The Morgan fingerprint density at radius 3 is 2.61 bits per heavy atom. The number of hydrogen-bond acceptors (Lipinski definition) is 4. The van der Waals surface area contributed by atoms with Crippen LogP contribution in [0, 0.1) is 4.78 Å². The Hall–Kier alpha value is -1.66. The van der Waals surface area contributed by atoms with Gasteiger partial charge in [0.25, 0.3) is 0 Å². The van der Waals surface area contributed by atoms with Crippen LogP contribution in [0.3, 0.4) is 0 Å². The molecule has 1 rings (SSSR count). The smallest absolute Gasteiger partial charge is 0.320 e. The average molecular weight is 268 g/mol. The molecular weight excluding hydrogens is 252 g/mol. The molecule has 5 nitrogen and oxygen atoms in total. The fraction of sp³-hybridized carbons (Fsp3) is 0.250. The summed E-state index contributed by atoms with van der Waals surface area (Å²) in [5.41, 5.74) is 6.15. The molecule has 0 amide bonds. The van der Waals surface area contributed by atoms with Crippen molar-refractivity contribution in [3.63, 3.8) is 0 Å². The first-order valence-electron chi connectivity index (χ1n) is 5.39. The van der Waals surface area contributed by atoms with E-state index < -0.39 is 21.7 Å². The van der Waals surface area contributed by atoms with E-state index in [0.717, 1.165) is 5.56 Å². The van der Waals surface area contributed by atoms with E-state index in [1.807, 2.05) is 30.3 Å². The van der Waals surface area contributed by atoms with Gasteiger partial charge in [0.2, 0.25) is 0 Å². The molecule has 0 spiro atoms. The lowest BCUT2D eigenvalue weighted by molar-refractivity contribution is -0.138. The zero-order valence-corrected chi connectivity index (χ0v) is 10.6. The van der Waals surface area contributed by atoms with Crippen molar-refractivity contribution >= 4 is 21.8 Å². The van der Waals surface area contributed by atoms with Gasteiger partial charge in [0.15, 0.2) is 0 Å². The Morgan fingerprint density at radius 2 is 2.06 bits per heavy atom. The van der Waals surface area contributed by atoms with Crippen LogP contribution in [0.1, 0.15) is 12.0 Å². The molecule has 1 unspecified atom stereocenters. The third-order valence-electron chi connectivity index (χ3n) is 2.33. The van der Waals surface area contributed by atoms with E-state index >= 15 is 0 Å². The number of nitrogens with two attached hydrogens (primary N) is 1. The van der Waals surface area contributed by atoms with E-state index in [1.54, 1.807) is 6.08 Å². The summed E-state index contributed by atoms with van der Waals surface area (Å²) < 4.78 is 19.4. The van der Waals surface area contributed by atoms with E-state index in [1.165, 1.54) is 5.41 Å². The van der Waals surface area contributed by atoms with Crippen molar-refractivity contribution in [2.24, 2.45) is 5.73 Å². The van der Waals surface area contributed by atoms with Crippen molar-refractivity contribution in [3.8, 4) is 0 Å². The number of nitrogens with one attached hydrogen (secondary N) is 1. The van der Waals surface area contributed by atoms with Gasteiger partial charge in [0.05, 0.1) is 9.73 Å². The zero-order valence-electron chi connectivity index (χ0n) is 9.78. The van der Waals surface area contributed by atoms with Crippen LogP contribution >= 0.6 is 0 Å². The van der Waals surface area contributed by atoms with Gasteiger partial charge in [-0.3, -0.25) is 4.79 Å². The van der Waals surface area contributed by atoms with Gasteiger partial charge in [0.1, 0.15) is 6.04 Å². The molecule has 0 aliphatic carbocycles. The van der Waals surface area contributed by atoms with Gasteiger partial charge in [-0.2, -0.15) is 0 Å². The minimum atomic E-state index is -2.93. The van der Waals surface area contributed by atoms with Gasteiger partial charge in [0, 0.05) is 11.2 Å². The molecule has 0 heterocycles. The normalized spacial score (nSPS) is 16.3. The first kappa shape index (κ1) is 14.4. The second-order valence-corrected chi connectivity index (χ2v) is 6.01. The van der Waals surface area contributed by atoms with E-state index in [9.17, 15) is 9.00 Å². The topological polar surface area (TPSA) is 104 Å². The maximum Gasteiger partial charge on any atom is 0.320 e. The van der Waals surface area contributed by atoms with Crippen LogP contribution < -0.4 is 5.73 Å². The van der Waals surface area contributed by atoms with Crippen molar-refractivity contribution in [3.05, 3.63) is 41.3 Å². The molecule has 0 aliphatic heterocycles. The molecule has 0 saturated heterocycles. The molecule has 1 aromatic rings. The van der Waals surface area contributed by atoms with Gasteiger partial charge in [-0.15, -0.1) is 0 Å². The number of carbonyl (C=O) groups is 1. The van der Waals surface area contributed by atoms with Crippen LogP contribution in [0.4, 0.5) is 0 Å². The molecule has 6 heteroatoms. The number of rotatable bonds is 6. The minimum Gasteiger partial charge on any atom is -0.480 e. The molecule has 0 saturated carbocycles. The van der Waals surface area contributed by atoms with Crippen LogP contribution in [0.2, 0.25) is 0 Å². The van der Waals surface area contributed by atoms with Crippen molar-refractivity contribution in [2.75, 3.05) is 5.75 Å². The van der Waals surface area contributed by atoms with Crippen molar-refractivity contribution in [1.29, 1.82) is 4.78 Å². The van der Waals surface area contributed by atoms with Gasteiger partial charge >= 0.3 is 5.97 Å². The monoisotopic (exact) mass is 268 g/mol. The summed E-state index contributed by atoms with van der Waals surface area (Å²) in [6.45, 7) is 0. The molecular formula is C12H16N2O3S. The van der Waals surface area contributed by atoms with E-state index in [4.69, 9.17) is 15.6 Å². The molecule has 0 radical (unpaired) electrons. The maximum absolute atomic E-state index is 11.8. The molecule has 0 aromatic heterocycles. The number of hydrogen-bond donors (Lipinski definition) is 3. The Balaban J connectivity index is 2.60. The fourth-order valence-electron chi connectivity index (χ4n) is 1.25. The maximum atomic E-state index is 11.8. The lowest BCUT2D eigenvalue weighted by Gasteiger charge is -2.06. The van der Waals surface area contributed by atoms with Crippen LogP contribution in [0.25, 0.3) is 6.08 Å². The quantitative estimate of drug-likeness (QED) is 0.727. The zero-order chi connectivity index (χ0) is 13.6. The molecule has 2 atom stereocenters. The summed E-state index contributed by atoms with van der Waals surface area (Å²) in [6.07, 6.45) is 1.62. The first-order chi connectivity index (χ1) is 8.41. The lowest BCUT2D eigenvalue weighted by Crippen LogP contribution is -2.31. The van der Waals surface area contributed by atoms with Gasteiger partial charge < -0.3 is 10.8 Å². The number of aliphatic carboxylic acids is 1. The second-order valence-electron chi connectivity index (χ2n) is 3.88. The Morgan fingerprint density at radius 1 is 1.44 bits per heavy atom. The highest BCUT2D eigenvalue weighted by atomic mass is 32.2. The highest BCUT2D eigenvalue weighted by Crippen LogP contribution is 2.06. The van der Waals surface area contributed by atoms with E-state index in [-0.39, 0.29) is 12.2 Å². The van der Waals surface area contributed by atoms with Crippen molar-refractivity contribution in [2.45, 2.75) is 12.5 Å². The molecule has 98 valence electrons. The molecule has 0 fully saturated rings. The van der Waals surface area contributed by atoms with E-state index in [0.29, 0.717) is 0 Å².